The van der Waals surface area contributed by atoms with Crippen LogP contribution in [0.1, 0.15) is 6.92 Å². The fourth-order valence-electron chi connectivity index (χ4n) is 2.58. The van der Waals surface area contributed by atoms with Crippen molar-refractivity contribution < 1.29 is 9.47 Å². The smallest absolute Gasteiger partial charge is 0.271 e. The van der Waals surface area contributed by atoms with Gasteiger partial charge in [0.15, 0.2) is 11.5 Å². The molecule has 3 aromatic rings. The Morgan fingerprint density at radius 3 is 2.80 bits per heavy atom. The van der Waals surface area contributed by atoms with Crippen LogP contribution in [0.15, 0.2) is 21.7 Å². The maximum absolute atomic E-state index is 12.5. The number of H-pyrrole nitrogens is 1. The van der Waals surface area contributed by atoms with Gasteiger partial charge in [-0.3, -0.25) is 14.0 Å². The summed E-state index contributed by atoms with van der Waals surface area (Å²) in [5.41, 5.74) is 0.154. The first-order chi connectivity index (χ1) is 9.70. The first-order valence-corrected chi connectivity index (χ1v) is 6.99. The molecule has 3 heterocycles. The van der Waals surface area contributed by atoms with Crippen molar-refractivity contribution in [3.05, 3.63) is 32.7 Å². The topological polar surface area (TPSA) is 73.3 Å². The van der Waals surface area contributed by atoms with Crippen LogP contribution in [0.4, 0.5) is 0 Å². The highest BCUT2D eigenvalue weighted by atomic mass is 32.1. The van der Waals surface area contributed by atoms with Gasteiger partial charge in [-0.1, -0.05) is 0 Å². The molecule has 0 fully saturated rings. The van der Waals surface area contributed by atoms with E-state index in [0.717, 1.165) is 5.52 Å². The highest BCUT2D eigenvalue weighted by molar-refractivity contribution is 7.12. The van der Waals surface area contributed by atoms with Crippen molar-refractivity contribution in [1.82, 2.24) is 8.94 Å². The molecule has 1 N–H and O–H groups in total. The number of nitrogens with zero attached hydrogens (tertiary/aromatic N) is 1. The van der Waals surface area contributed by atoms with Gasteiger partial charge in [0, 0.05) is 12.6 Å². The molecule has 0 unspecified atom stereocenters. The molecule has 1 aromatic carbocycles. The normalized spacial score (nSPS) is 13.4. The fraction of sp³-hybridized carbons (Fsp3) is 0.231. The average Bonchev–Trinajstić information content (AvgIpc) is 3.04. The van der Waals surface area contributed by atoms with Gasteiger partial charge in [-0.05, 0) is 24.5 Å². The van der Waals surface area contributed by atoms with Gasteiger partial charge >= 0.3 is 0 Å². The fourth-order valence-corrected chi connectivity index (χ4v) is 3.50. The molecule has 0 atom stereocenters. The molecule has 0 aliphatic carbocycles. The largest absolute Gasteiger partial charge is 0.454 e. The zero-order chi connectivity index (χ0) is 13.9. The Kier molecular flexibility index (Phi) is 2.23. The summed E-state index contributed by atoms with van der Waals surface area (Å²) in [6.45, 7) is 2.78. The van der Waals surface area contributed by atoms with Crippen LogP contribution in [0.5, 0.6) is 11.5 Å². The number of aryl methyl sites for hydroxylation is 1. The van der Waals surface area contributed by atoms with Gasteiger partial charge < -0.3 is 14.0 Å². The maximum atomic E-state index is 12.5. The summed E-state index contributed by atoms with van der Waals surface area (Å²) >= 11 is 1.18. The number of rotatable bonds is 1. The van der Waals surface area contributed by atoms with Crippen molar-refractivity contribution in [1.29, 1.82) is 0 Å². The second-order valence-corrected chi connectivity index (χ2v) is 5.30. The predicted molar refractivity (Wildman–Crippen MR) is 76.0 cm³/mol. The number of ether oxygens (including phenoxy) is 2. The van der Waals surface area contributed by atoms with Crippen molar-refractivity contribution >= 4 is 32.7 Å². The van der Waals surface area contributed by atoms with E-state index in [2.05, 4.69) is 4.37 Å². The van der Waals surface area contributed by atoms with E-state index in [0.29, 0.717) is 28.3 Å². The zero-order valence-electron chi connectivity index (χ0n) is 10.6. The summed E-state index contributed by atoms with van der Waals surface area (Å²) in [4.78, 5) is 25.0. The standard InChI is InChI=1S/C13H10N2O4S/c1-2-15-7-4-9-8(18-5-19-9)3-6(7)11(16)10-12(17)14-20-13(10)15/h3-4H,2,5H2,1H3,(H,14,17). The third kappa shape index (κ3) is 1.32. The summed E-state index contributed by atoms with van der Waals surface area (Å²) in [6.07, 6.45) is 0. The maximum Gasteiger partial charge on any atom is 0.271 e. The van der Waals surface area contributed by atoms with E-state index in [-0.39, 0.29) is 23.2 Å². The Balaban J connectivity index is 2.31. The van der Waals surface area contributed by atoms with Crippen LogP contribution in [0.3, 0.4) is 0 Å². The van der Waals surface area contributed by atoms with Crippen LogP contribution in [0, 0.1) is 0 Å². The third-order valence-corrected chi connectivity index (χ3v) is 4.40. The molecule has 1 aliphatic rings. The molecule has 20 heavy (non-hydrogen) atoms. The second-order valence-electron chi connectivity index (χ2n) is 4.51. The molecule has 0 bridgehead atoms. The number of nitrogens with one attached hydrogen (secondary N) is 1. The van der Waals surface area contributed by atoms with Crippen LogP contribution in [0.2, 0.25) is 0 Å². The van der Waals surface area contributed by atoms with Gasteiger partial charge in [0.1, 0.15) is 10.2 Å². The average molecular weight is 290 g/mol. The lowest BCUT2D eigenvalue weighted by Crippen LogP contribution is -2.15. The molecular formula is C13H10N2O4S. The van der Waals surface area contributed by atoms with Crippen LogP contribution in [-0.2, 0) is 6.54 Å². The van der Waals surface area contributed by atoms with Crippen LogP contribution in [-0.4, -0.2) is 15.7 Å². The Morgan fingerprint density at radius 1 is 1.30 bits per heavy atom. The number of aromatic nitrogens is 2. The van der Waals surface area contributed by atoms with E-state index >= 15 is 0 Å². The highest BCUT2D eigenvalue weighted by Crippen LogP contribution is 2.36. The summed E-state index contributed by atoms with van der Waals surface area (Å²) in [6, 6.07) is 3.45. The van der Waals surface area contributed by atoms with Gasteiger partial charge in [0.25, 0.3) is 5.56 Å². The van der Waals surface area contributed by atoms with E-state index in [9.17, 15) is 9.59 Å². The van der Waals surface area contributed by atoms with E-state index in [1.807, 2.05) is 11.5 Å². The first kappa shape index (κ1) is 11.5. The van der Waals surface area contributed by atoms with E-state index in [4.69, 9.17) is 9.47 Å². The van der Waals surface area contributed by atoms with Crippen LogP contribution < -0.4 is 20.5 Å². The lowest BCUT2D eigenvalue weighted by Gasteiger charge is -2.10. The van der Waals surface area contributed by atoms with Crippen molar-refractivity contribution in [3.8, 4) is 11.5 Å². The number of hydrogen-bond acceptors (Lipinski definition) is 5. The van der Waals surface area contributed by atoms with Crippen molar-refractivity contribution in [2.45, 2.75) is 13.5 Å². The quantitative estimate of drug-likeness (QED) is 0.739. The lowest BCUT2D eigenvalue weighted by atomic mass is 10.1. The Labute approximate surface area is 116 Å². The predicted octanol–water partition coefficient (Wildman–Crippen LogP) is 1.65. The van der Waals surface area contributed by atoms with Crippen molar-refractivity contribution in [3.63, 3.8) is 0 Å². The van der Waals surface area contributed by atoms with Gasteiger partial charge in [0.2, 0.25) is 12.2 Å². The zero-order valence-corrected chi connectivity index (χ0v) is 11.4. The number of aromatic amines is 1. The van der Waals surface area contributed by atoms with Crippen molar-refractivity contribution in [2.24, 2.45) is 0 Å². The van der Waals surface area contributed by atoms with Gasteiger partial charge in [-0.25, -0.2) is 0 Å². The van der Waals surface area contributed by atoms with Crippen molar-refractivity contribution in [2.75, 3.05) is 6.79 Å². The molecule has 6 nitrogen and oxygen atoms in total. The number of pyridine rings is 1. The minimum absolute atomic E-state index is 0.154. The number of hydrogen-bond donors (Lipinski definition) is 1. The lowest BCUT2D eigenvalue weighted by molar-refractivity contribution is 0.174. The third-order valence-electron chi connectivity index (χ3n) is 3.50. The summed E-state index contributed by atoms with van der Waals surface area (Å²) in [7, 11) is 0. The molecule has 0 radical (unpaired) electrons. The molecule has 1 aliphatic heterocycles. The molecule has 0 saturated carbocycles. The molecule has 7 heteroatoms. The van der Waals surface area contributed by atoms with Gasteiger partial charge in [-0.15, -0.1) is 0 Å². The van der Waals surface area contributed by atoms with Gasteiger partial charge in [-0.2, -0.15) is 0 Å². The summed E-state index contributed by atoms with van der Waals surface area (Å²) < 4.78 is 15.2. The van der Waals surface area contributed by atoms with Gasteiger partial charge in [0.05, 0.1) is 10.9 Å². The minimum Gasteiger partial charge on any atom is -0.454 e. The van der Waals surface area contributed by atoms with Crippen LogP contribution >= 0.6 is 11.5 Å². The highest BCUT2D eigenvalue weighted by Gasteiger charge is 2.20. The van der Waals surface area contributed by atoms with E-state index < -0.39 is 0 Å². The Bertz CT molecular complexity index is 966. The first-order valence-electron chi connectivity index (χ1n) is 6.18. The van der Waals surface area contributed by atoms with E-state index in [1.54, 1.807) is 12.1 Å². The molecular weight excluding hydrogens is 280 g/mol. The summed E-state index contributed by atoms with van der Waals surface area (Å²) in [5, 5.41) is 0.690. The summed E-state index contributed by atoms with van der Waals surface area (Å²) in [5.74, 6) is 1.17. The Hall–Kier alpha value is -2.28. The Morgan fingerprint density at radius 2 is 2.05 bits per heavy atom. The van der Waals surface area contributed by atoms with Crippen LogP contribution in [0.25, 0.3) is 21.1 Å². The van der Waals surface area contributed by atoms with E-state index in [1.165, 1.54) is 11.5 Å². The number of fused-ring (bicyclic) bond motifs is 3. The minimum atomic E-state index is -0.336. The molecule has 0 saturated heterocycles. The molecule has 102 valence electrons. The number of benzene rings is 1. The SMILES string of the molecule is CCn1c2cc3c(cc2c(=O)c2c(=O)[nH]sc21)OCO3. The molecule has 0 amide bonds. The monoisotopic (exact) mass is 290 g/mol. The molecule has 0 spiro atoms. The molecule has 2 aromatic heterocycles. The molecule has 4 rings (SSSR count). The second kappa shape index (κ2) is 3.86.